The maximum absolute atomic E-state index is 12.9. The number of nitrogens with zero attached hydrogens (tertiary/aromatic N) is 3. The monoisotopic (exact) mass is 378 g/mol. The lowest BCUT2D eigenvalue weighted by Crippen LogP contribution is -2.52. The fraction of sp³-hybridized carbons (Fsp3) is 0.435. The van der Waals surface area contributed by atoms with Crippen LogP contribution in [0.4, 0.5) is 5.69 Å². The number of nitrogens with one attached hydrogen (secondary N) is 1. The fourth-order valence-corrected chi connectivity index (χ4v) is 4.35. The molecule has 1 aliphatic rings. The number of aryl methyl sites for hydroxylation is 1. The zero-order valence-corrected chi connectivity index (χ0v) is 17.1. The highest BCUT2D eigenvalue weighted by Crippen LogP contribution is 2.31. The van der Waals surface area contributed by atoms with Crippen LogP contribution in [0.1, 0.15) is 20.8 Å². The van der Waals surface area contributed by atoms with Gasteiger partial charge in [0.25, 0.3) is 0 Å². The Bertz CT molecular complexity index is 985. The first-order valence-electron chi connectivity index (χ1n) is 10.4. The van der Waals surface area contributed by atoms with Crippen LogP contribution >= 0.6 is 0 Å². The van der Waals surface area contributed by atoms with E-state index in [0.717, 1.165) is 45.0 Å². The third kappa shape index (κ3) is 3.40. The van der Waals surface area contributed by atoms with E-state index in [2.05, 4.69) is 69.9 Å². The zero-order chi connectivity index (χ0) is 19.7. The molecule has 1 atom stereocenters. The molecule has 5 heteroatoms. The van der Waals surface area contributed by atoms with Crippen LogP contribution in [0.3, 0.4) is 0 Å². The fourth-order valence-electron chi connectivity index (χ4n) is 4.35. The molecule has 0 bridgehead atoms. The van der Waals surface area contributed by atoms with Crippen molar-refractivity contribution in [1.82, 2.24) is 14.4 Å². The first kappa shape index (κ1) is 19.0. The van der Waals surface area contributed by atoms with Crippen molar-refractivity contribution < 1.29 is 4.79 Å². The second-order valence-corrected chi connectivity index (χ2v) is 7.63. The van der Waals surface area contributed by atoms with Crippen LogP contribution in [0, 0.1) is 0 Å². The van der Waals surface area contributed by atoms with Crippen molar-refractivity contribution in [2.75, 3.05) is 38.0 Å². The van der Waals surface area contributed by atoms with Crippen LogP contribution in [0.25, 0.3) is 21.8 Å². The lowest BCUT2D eigenvalue weighted by molar-refractivity contribution is -0.121. The topological polar surface area (TPSA) is 40.5 Å². The van der Waals surface area contributed by atoms with Crippen LogP contribution in [-0.2, 0) is 11.3 Å². The van der Waals surface area contributed by atoms with Crippen LogP contribution in [0.15, 0.2) is 42.5 Å². The second-order valence-electron chi connectivity index (χ2n) is 7.63. The van der Waals surface area contributed by atoms with Gasteiger partial charge in [0.15, 0.2) is 0 Å². The number of hydrogen-bond acceptors (Lipinski definition) is 3. The predicted molar refractivity (Wildman–Crippen MR) is 117 cm³/mol. The molecule has 1 amide bonds. The highest BCUT2D eigenvalue weighted by Gasteiger charge is 2.25. The molecule has 2 heterocycles. The molecule has 1 aliphatic heterocycles. The minimum atomic E-state index is -0.119. The third-order valence-electron chi connectivity index (χ3n) is 6.14. The molecule has 1 fully saturated rings. The Balaban J connectivity index is 1.55. The van der Waals surface area contributed by atoms with E-state index in [1.807, 2.05) is 13.0 Å². The number of likely N-dealkylation sites (N-methyl/N-ethyl adjacent to an activating group) is 1. The van der Waals surface area contributed by atoms with Crippen molar-refractivity contribution >= 4 is 33.4 Å². The summed E-state index contributed by atoms with van der Waals surface area (Å²) < 4.78 is 2.33. The molecule has 1 N–H and O–H groups in total. The summed E-state index contributed by atoms with van der Waals surface area (Å²) in [5, 5.41) is 5.57. The average molecular weight is 379 g/mol. The van der Waals surface area contributed by atoms with Crippen molar-refractivity contribution in [2.45, 2.75) is 33.4 Å². The normalized spacial score (nSPS) is 17.2. The molecular formula is C23H30N4O. The van der Waals surface area contributed by atoms with Gasteiger partial charge in [-0.2, -0.15) is 0 Å². The molecule has 0 spiro atoms. The van der Waals surface area contributed by atoms with Crippen LogP contribution in [0.2, 0.25) is 0 Å². The van der Waals surface area contributed by atoms with Gasteiger partial charge in [0.2, 0.25) is 5.91 Å². The molecular weight excluding hydrogens is 348 g/mol. The van der Waals surface area contributed by atoms with Crippen molar-refractivity contribution in [3.05, 3.63) is 42.5 Å². The second kappa shape index (κ2) is 7.94. The number of aromatic nitrogens is 1. The molecule has 2 aromatic carbocycles. The number of fused-ring (bicyclic) bond motifs is 3. The minimum absolute atomic E-state index is 0.0727. The van der Waals surface area contributed by atoms with Gasteiger partial charge in [-0.05, 0) is 44.7 Å². The van der Waals surface area contributed by atoms with E-state index in [-0.39, 0.29) is 11.9 Å². The lowest BCUT2D eigenvalue weighted by atomic mass is 10.1. The number of hydrogen-bond donors (Lipinski definition) is 1. The molecule has 0 aliphatic carbocycles. The highest BCUT2D eigenvalue weighted by atomic mass is 16.2. The number of carbonyl (C=O) groups excluding carboxylic acids is 1. The van der Waals surface area contributed by atoms with E-state index in [4.69, 9.17) is 0 Å². The van der Waals surface area contributed by atoms with Crippen molar-refractivity contribution in [2.24, 2.45) is 0 Å². The van der Waals surface area contributed by atoms with E-state index < -0.39 is 0 Å². The lowest BCUT2D eigenvalue weighted by Gasteiger charge is -2.36. The molecule has 1 aromatic heterocycles. The Morgan fingerprint density at radius 3 is 2.39 bits per heavy atom. The maximum atomic E-state index is 12.9. The standard InChI is InChI=1S/C23H30N4O/c1-4-25-12-14-26(15-13-25)17(3)23(28)24-18-10-11-22-20(16-18)19-8-6-7-9-21(19)27(22)5-2/h6-11,16-17H,4-5,12-15H2,1-3H3,(H,24,28)/t17-/m1/s1. The van der Waals surface area contributed by atoms with Gasteiger partial charge in [-0.25, -0.2) is 0 Å². The summed E-state index contributed by atoms with van der Waals surface area (Å²) in [5.74, 6) is 0.0727. The van der Waals surface area contributed by atoms with Gasteiger partial charge in [-0.1, -0.05) is 25.1 Å². The number of carbonyl (C=O) groups is 1. The molecule has 4 rings (SSSR count). The van der Waals surface area contributed by atoms with E-state index in [0.29, 0.717) is 0 Å². The van der Waals surface area contributed by atoms with Gasteiger partial charge in [-0.15, -0.1) is 0 Å². The van der Waals surface area contributed by atoms with Gasteiger partial charge in [0.05, 0.1) is 6.04 Å². The van der Waals surface area contributed by atoms with Gasteiger partial charge >= 0.3 is 0 Å². The Morgan fingerprint density at radius 2 is 1.68 bits per heavy atom. The highest BCUT2D eigenvalue weighted by molar-refractivity contribution is 6.10. The molecule has 0 saturated carbocycles. The summed E-state index contributed by atoms with van der Waals surface area (Å²) in [7, 11) is 0. The molecule has 0 radical (unpaired) electrons. The van der Waals surface area contributed by atoms with Crippen LogP contribution in [-0.4, -0.2) is 59.0 Å². The number of anilines is 1. The zero-order valence-electron chi connectivity index (χ0n) is 17.1. The quantitative estimate of drug-likeness (QED) is 0.735. The minimum Gasteiger partial charge on any atom is -0.341 e. The number of para-hydroxylation sites is 1. The van der Waals surface area contributed by atoms with Gasteiger partial charge in [0, 0.05) is 60.2 Å². The molecule has 28 heavy (non-hydrogen) atoms. The number of rotatable bonds is 5. The largest absolute Gasteiger partial charge is 0.341 e. The number of benzene rings is 2. The summed E-state index contributed by atoms with van der Waals surface area (Å²) in [5.41, 5.74) is 3.33. The van der Waals surface area contributed by atoms with Gasteiger partial charge in [-0.3, -0.25) is 9.69 Å². The number of amides is 1. The first-order valence-corrected chi connectivity index (χ1v) is 10.4. The van der Waals surface area contributed by atoms with Crippen molar-refractivity contribution in [1.29, 1.82) is 0 Å². The van der Waals surface area contributed by atoms with Crippen LogP contribution < -0.4 is 5.32 Å². The van der Waals surface area contributed by atoms with E-state index >= 15 is 0 Å². The Hall–Kier alpha value is -2.37. The average Bonchev–Trinajstić information content (AvgIpc) is 3.06. The molecule has 5 nitrogen and oxygen atoms in total. The smallest absolute Gasteiger partial charge is 0.241 e. The van der Waals surface area contributed by atoms with E-state index in [9.17, 15) is 4.79 Å². The Labute approximate surface area is 166 Å². The van der Waals surface area contributed by atoms with Crippen molar-refractivity contribution in [3.8, 4) is 0 Å². The predicted octanol–water partition coefficient (Wildman–Crippen LogP) is 3.78. The SMILES string of the molecule is CCN1CCN([C@H](C)C(=O)Nc2ccc3c(c2)c2ccccc2n3CC)CC1. The Kier molecular flexibility index (Phi) is 5.38. The van der Waals surface area contributed by atoms with E-state index in [1.54, 1.807) is 0 Å². The number of piperazine rings is 1. The third-order valence-corrected chi connectivity index (χ3v) is 6.14. The summed E-state index contributed by atoms with van der Waals surface area (Å²) in [6.45, 7) is 12.4. The maximum Gasteiger partial charge on any atom is 0.241 e. The van der Waals surface area contributed by atoms with Crippen LogP contribution in [0.5, 0.6) is 0 Å². The van der Waals surface area contributed by atoms with Gasteiger partial charge < -0.3 is 14.8 Å². The molecule has 148 valence electrons. The van der Waals surface area contributed by atoms with E-state index in [1.165, 1.54) is 21.8 Å². The summed E-state index contributed by atoms with van der Waals surface area (Å²) in [6.07, 6.45) is 0. The first-order chi connectivity index (χ1) is 13.6. The van der Waals surface area contributed by atoms with Gasteiger partial charge in [0.1, 0.15) is 0 Å². The van der Waals surface area contributed by atoms with Crippen molar-refractivity contribution in [3.63, 3.8) is 0 Å². The molecule has 1 saturated heterocycles. The summed E-state index contributed by atoms with van der Waals surface area (Å²) >= 11 is 0. The summed E-state index contributed by atoms with van der Waals surface area (Å²) in [4.78, 5) is 17.6. The summed E-state index contributed by atoms with van der Waals surface area (Å²) in [6, 6.07) is 14.6. The Morgan fingerprint density at radius 1 is 0.964 bits per heavy atom. The molecule has 0 unspecified atom stereocenters. The molecule has 3 aromatic rings.